The van der Waals surface area contributed by atoms with Gasteiger partial charge in [-0.15, -0.1) is 6.26 Å². The third-order valence-electron chi connectivity index (χ3n) is 1.42. The second-order valence-electron chi connectivity index (χ2n) is 2.29. The largest absolute Gasteiger partial charge is 1.00 e. The van der Waals surface area contributed by atoms with Crippen molar-refractivity contribution in [2.45, 2.75) is 0 Å². The Labute approximate surface area is 108 Å². The van der Waals surface area contributed by atoms with E-state index in [1.165, 1.54) is 6.07 Å². The van der Waals surface area contributed by atoms with Gasteiger partial charge in [0.15, 0.2) is 5.78 Å². The predicted octanol–water partition coefficient (Wildman–Crippen LogP) is -1.46. The van der Waals surface area contributed by atoms with Gasteiger partial charge in [-0.2, -0.15) is 0 Å². The molecule has 1 aromatic rings. The molecular weight excluding hydrogens is 218 g/mol. The molecule has 1 aromatic carbocycles. The van der Waals surface area contributed by atoms with Crippen LogP contribution in [0.2, 0.25) is 5.02 Å². The minimum Gasteiger partial charge on any atom is -0.878 e. The number of benzene rings is 1. The van der Waals surface area contributed by atoms with Crippen LogP contribution in [0.15, 0.2) is 30.5 Å². The Hall–Kier alpha value is -0.350. The van der Waals surface area contributed by atoms with Crippen LogP contribution in [0.3, 0.4) is 0 Å². The first-order valence-corrected chi connectivity index (χ1v) is 3.81. The number of allylic oxidation sites excluding steroid dienone is 1. The molecule has 0 spiro atoms. The van der Waals surface area contributed by atoms with Crippen molar-refractivity contribution in [1.29, 1.82) is 0 Å². The van der Waals surface area contributed by atoms with E-state index >= 15 is 0 Å². The van der Waals surface area contributed by atoms with Crippen LogP contribution in [-0.2, 0) is 0 Å². The molecule has 0 atom stereocenters. The van der Waals surface area contributed by atoms with Gasteiger partial charge in [0.2, 0.25) is 0 Å². The molecular formula is C9H5ClFNaO2. The van der Waals surface area contributed by atoms with E-state index in [0.29, 0.717) is 6.26 Å². The minimum absolute atomic E-state index is 0. The summed E-state index contributed by atoms with van der Waals surface area (Å²) in [5, 5.41) is 9.98. The Kier molecular flexibility index (Phi) is 6.04. The molecule has 2 nitrogen and oxygen atoms in total. The van der Waals surface area contributed by atoms with Crippen molar-refractivity contribution < 1.29 is 43.8 Å². The zero-order valence-corrected chi connectivity index (χ0v) is 10.2. The maximum absolute atomic E-state index is 12.5. The molecule has 0 radical (unpaired) electrons. The van der Waals surface area contributed by atoms with Crippen LogP contribution in [0, 0.1) is 5.82 Å². The number of halogens is 2. The van der Waals surface area contributed by atoms with Crippen molar-refractivity contribution >= 4 is 17.4 Å². The molecule has 14 heavy (non-hydrogen) atoms. The predicted molar refractivity (Wildman–Crippen MR) is 44.9 cm³/mol. The number of ketones is 1. The molecule has 0 unspecified atom stereocenters. The van der Waals surface area contributed by atoms with Gasteiger partial charge in [0.05, 0.1) is 5.02 Å². The van der Waals surface area contributed by atoms with E-state index in [4.69, 9.17) is 11.6 Å². The van der Waals surface area contributed by atoms with Gasteiger partial charge < -0.3 is 5.11 Å². The van der Waals surface area contributed by atoms with Gasteiger partial charge in [-0.3, -0.25) is 4.79 Å². The van der Waals surface area contributed by atoms with Crippen molar-refractivity contribution in [2.24, 2.45) is 0 Å². The summed E-state index contributed by atoms with van der Waals surface area (Å²) in [6.45, 7) is 0. The standard InChI is InChI=1S/C9H6ClFO2.Na/c10-8-5-6(11)1-2-7(8)9(13)3-4-12;/h1-5,12H;/q;+1/p-1. The fourth-order valence-electron chi connectivity index (χ4n) is 0.841. The molecule has 0 aliphatic rings. The fourth-order valence-corrected chi connectivity index (χ4v) is 1.10. The number of hydrogen-bond donors (Lipinski definition) is 0. The van der Waals surface area contributed by atoms with Crippen molar-refractivity contribution in [1.82, 2.24) is 0 Å². The Morgan fingerprint density at radius 2 is 2.14 bits per heavy atom. The molecule has 0 aromatic heterocycles. The summed E-state index contributed by atoms with van der Waals surface area (Å²) in [6.07, 6.45) is 1.20. The summed E-state index contributed by atoms with van der Waals surface area (Å²) < 4.78 is 12.5. The van der Waals surface area contributed by atoms with Gasteiger partial charge in [-0.25, -0.2) is 4.39 Å². The number of carbonyl (C=O) groups is 1. The second-order valence-corrected chi connectivity index (χ2v) is 2.70. The van der Waals surface area contributed by atoms with Crippen molar-refractivity contribution in [3.05, 3.63) is 46.9 Å². The third-order valence-corrected chi connectivity index (χ3v) is 1.73. The van der Waals surface area contributed by atoms with Gasteiger partial charge in [0.1, 0.15) is 5.82 Å². The van der Waals surface area contributed by atoms with Gasteiger partial charge in [-0.05, 0) is 24.3 Å². The van der Waals surface area contributed by atoms with E-state index in [-0.39, 0.29) is 40.1 Å². The molecule has 5 heteroatoms. The molecule has 0 bridgehead atoms. The van der Waals surface area contributed by atoms with Crippen molar-refractivity contribution in [3.63, 3.8) is 0 Å². The molecule has 0 heterocycles. The molecule has 0 saturated heterocycles. The fraction of sp³-hybridized carbons (Fsp3) is 0. The maximum Gasteiger partial charge on any atom is 1.00 e. The molecule has 0 saturated carbocycles. The number of carbonyl (C=O) groups excluding carboxylic acids is 1. The number of hydrogen-bond acceptors (Lipinski definition) is 2. The van der Waals surface area contributed by atoms with Gasteiger partial charge in [-0.1, -0.05) is 11.6 Å². The average molecular weight is 223 g/mol. The van der Waals surface area contributed by atoms with E-state index in [9.17, 15) is 14.3 Å². The zero-order valence-electron chi connectivity index (χ0n) is 7.46. The summed E-state index contributed by atoms with van der Waals surface area (Å²) in [6, 6.07) is 3.37. The van der Waals surface area contributed by atoms with E-state index in [0.717, 1.165) is 18.2 Å². The molecule has 0 aliphatic heterocycles. The topological polar surface area (TPSA) is 40.1 Å². The van der Waals surface area contributed by atoms with E-state index in [1.54, 1.807) is 0 Å². The van der Waals surface area contributed by atoms with Gasteiger partial charge in [0, 0.05) is 5.56 Å². The molecule has 0 fully saturated rings. The quantitative estimate of drug-likeness (QED) is 0.266. The second kappa shape index (κ2) is 6.19. The summed E-state index contributed by atoms with van der Waals surface area (Å²) in [5.41, 5.74) is 0.121. The SMILES string of the molecule is O=C(C=C[O-])c1ccc(F)cc1Cl.[Na+]. The first-order valence-electron chi connectivity index (χ1n) is 3.43. The molecule has 0 aliphatic carbocycles. The molecule has 0 N–H and O–H groups in total. The van der Waals surface area contributed by atoms with Crippen LogP contribution in [0.5, 0.6) is 0 Å². The van der Waals surface area contributed by atoms with E-state index in [2.05, 4.69) is 0 Å². The summed E-state index contributed by atoms with van der Waals surface area (Å²) in [4.78, 5) is 11.1. The zero-order chi connectivity index (χ0) is 9.84. The molecule has 68 valence electrons. The number of rotatable bonds is 2. The maximum atomic E-state index is 12.5. The molecule has 0 amide bonds. The van der Waals surface area contributed by atoms with Crippen molar-refractivity contribution in [3.8, 4) is 0 Å². The van der Waals surface area contributed by atoms with Crippen molar-refractivity contribution in [2.75, 3.05) is 0 Å². The van der Waals surface area contributed by atoms with Crippen LogP contribution in [-0.4, -0.2) is 5.78 Å². The summed E-state index contributed by atoms with van der Waals surface area (Å²) in [7, 11) is 0. The summed E-state index contributed by atoms with van der Waals surface area (Å²) >= 11 is 5.56. The van der Waals surface area contributed by atoms with Crippen LogP contribution in [0.25, 0.3) is 0 Å². The third kappa shape index (κ3) is 3.42. The monoisotopic (exact) mass is 222 g/mol. The Bertz CT molecular complexity index is 366. The van der Waals surface area contributed by atoms with E-state index < -0.39 is 11.6 Å². The van der Waals surface area contributed by atoms with Gasteiger partial charge >= 0.3 is 29.6 Å². The van der Waals surface area contributed by atoms with Gasteiger partial charge in [0.25, 0.3) is 0 Å². The van der Waals surface area contributed by atoms with Crippen LogP contribution in [0.4, 0.5) is 4.39 Å². The average Bonchev–Trinajstić information content (AvgIpc) is 2.04. The van der Waals surface area contributed by atoms with Crippen LogP contribution in [0.1, 0.15) is 10.4 Å². The Morgan fingerprint density at radius 3 is 2.64 bits per heavy atom. The minimum atomic E-state index is -0.528. The van der Waals surface area contributed by atoms with E-state index in [1.807, 2.05) is 0 Å². The Balaban J connectivity index is 0.00000169. The molecule has 1 rings (SSSR count). The normalized spacial score (nSPS) is 9.86. The Morgan fingerprint density at radius 1 is 1.50 bits per heavy atom. The smallest absolute Gasteiger partial charge is 0.878 e. The first kappa shape index (κ1) is 13.7. The van der Waals surface area contributed by atoms with Crippen LogP contribution < -0.4 is 34.7 Å². The first-order chi connectivity index (χ1) is 6.15. The summed E-state index contributed by atoms with van der Waals surface area (Å²) in [5.74, 6) is -1.05. The van der Waals surface area contributed by atoms with Crippen LogP contribution >= 0.6 is 11.6 Å².